The highest BCUT2D eigenvalue weighted by molar-refractivity contribution is 7.89. The highest BCUT2D eigenvalue weighted by atomic mass is 35.5. The number of amides is 2. The van der Waals surface area contributed by atoms with Crippen LogP contribution >= 0.6 is 23.2 Å². The minimum Gasteiger partial charge on any atom is -0.374 e. The zero-order valence-corrected chi connectivity index (χ0v) is 23.3. The molecule has 2 fully saturated rings. The Hall–Kier alpha value is -1.39. The van der Waals surface area contributed by atoms with E-state index in [1.165, 1.54) is 48.2 Å². The van der Waals surface area contributed by atoms with Crippen LogP contribution in [0.4, 0.5) is 0 Å². The number of rotatable bonds is 11. The van der Waals surface area contributed by atoms with Gasteiger partial charge in [-0.3, -0.25) is 9.59 Å². The largest absolute Gasteiger partial charge is 0.374 e. The quantitative estimate of drug-likeness (QED) is 0.424. The molecule has 1 aromatic rings. The molecule has 1 saturated heterocycles. The van der Waals surface area contributed by atoms with Crippen LogP contribution in [0, 0.1) is 11.8 Å². The SMILES string of the molecule is CC(C)C[C@@H](NC(=O)CCC1CCCC1)C(=O)NCC1CN(S(=O)(=O)c2ccc(Cl)cc2Cl)CCO1. The van der Waals surface area contributed by atoms with Crippen molar-refractivity contribution >= 4 is 45.0 Å². The standard InChI is InChI=1S/C25H37Cl2N3O5S/c1-17(2)13-22(29-24(31)10-7-18-5-3-4-6-18)25(32)28-15-20-16-30(11-12-35-20)36(33,34)23-9-8-19(26)14-21(23)27/h8-9,14,17-18,20,22H,3-7,10-13,15-16H2,1-2H3,(H,28,32)(H,29,31)/t20?,22-/m1/s1. The lowest BCUT2D eigenvalue weighted by atomic mass is 10.00. The summed E-state index contributed by atoms with van der Waals surface area (Å²) in [6, 6.07) is 3.62. The minimum atomic E-state index is -3.85. The molecule has 202 valence electrons. The Kier molecular flexibility index (Phi) is 10.9. The fourth-order valence-corrected chi connectivity index (χ4v) is 7.00. The molecule has 1 aliphatic carbocycles. The number of hydrogen-bond donors (Lipinski definition) is 2. The van der Waals surface area contributed by atoms with Gasteiger partial charge in [0.05, 0.1) is 17.7 Å². The van der Waals surface area contributed by atoms with E-state index in [0.29, 0.717) is 23.8 Å². The van der Waals surface area contributed by atoms with Gasteiger partial charge >= 0.3 is 0 Å². The van der Waals surface area contributed by atoms with Crippen molar-refractivity contribution in [3.05, 3.63) is 28.2 Å². The Morgan fingerprint density at radius 3 is 2.58 bits per heavy atom. The average molecular weight is 563 g/mol. The average Bonchev–Trinajstić information content (AvgIpc) is 3.34. The molecule has 1 heterocycles. The molecule has 2 amide bonds. The molecule has 36 heavy (non-hydrogen) atoms. The first-order valence-electron chi connectivity index (χ1n) is 12.7. The summed E-state index contributed by atoms with van der Waals surface area (Å²) in [5.74, 6) is 0.432. The van der Waals surface area contributed by atoms with Gasteiger partial charge in [-0.15, -0.1) is 0 Å². The van der Waals surface area contributed by atoms with E-state index in [9.17, 15) is 18.0 Å². The minimum absolute atomic E-state index is 0.0180. The Balaban J connectivity index is 1.54. The highest BCUT2D eigenvalue weighted by Crippen LogP contribution is 2.29. The number of carbonyl (C=O) groups excluding carboxylic acids is 2. The fourth-order valence-electron chi connectivity index (χ4n) is 4.80. The smallest absolute Gasteiger partial charge is 0.244 e. The third kappa shape index (κ3) is 8.31. The second kappa shape index (κ2) is 13.4. The third-order valence-corrected chi connectivity index (χ3v) is 9.31. The number of ether oxygens (including phenoxy) is 1. The summed E-state index contributed by atoms with van der Waals surface area (Å²) in [5.41, 5.74) is 0. The van der Waals surface area contributed by atoms with Crippen molar-refractivity contribution < 1.29 is 22.7 Å². The lowest BCUT2D eigenvalue weighted by Gasteiger charge is -2.32. The van der Waals surface area contributed by atoms with Gasteiger partial charge in [-0.25, -0.2) is 8.42 Å². The van der Waals surface area contributed by atoms with E-state index in [1.807, 2.05) is 13.8 Å². The summed E-state index contributed by atoms with van der Waals surface area (Å²) in [5, 5.41) is 6.15. The van der Waals surface area contributed by atoms with E-state index in [2.05, 4.69) is 10.6 Å². The summed E-state index contributed by atoms with van der Waals surface area (Å²) in [6.07, 6.45) is 6.11. The predicted molar refractivity (Wildman–Crippen MR) is 141 cm³/mol. The highest BCUT2D eigenvalue weighted by Gasteiger charge is 2.33. The number of nitrogens with one attached hydrogen (secondary N) is 2. The molecule has 0 radical (unpaired) electrons. The van der Waals surface area contributed by atoms with Crippen molar-refractivity contribution in [3.8, 4) is 0 Å². The number of sulfonamides is 1. The molecule has 1 aliphatic heterocycles. The molecule has 8 nitrogen and oxygen atoms in total. The van der Waals surface area contributed by atoms with Crippen LogP contribution in [-0.4, -0.2) is 62.9 Å². The zero-order valence-electron chi connectivity index (χ0n) is 21.0. The van der Waals surface area contributed by atoms with E-state index >= 15 is 0 Å². The lowest BCUT2D eigenvalue weighted by molar-refractivity contribution is -0.130. The van der Waals surface area contributed by atoms with Crippen molar-refractivity contribution in [2.75, 3.05) is 26.2 Å². The fraction of sp³-hybridized carbons (Fsp3) is 0.680. The van der Waals surface area contributed by atoms with Crippen LogP contribution < -0.4 is 10.6 Å². The van der Waals surface area contributed by atoms with E-state index in [-0.39, 0.29) is 53.9 Å². The van der Waals surface area contributed by atoms with Gasteiger partial charge in [0.1, 0.15) is 10.9 Å². The third-order valence-electron chi connectivity index (χ3n) is 6.73. The zero-order chi connectivity index (χ0) is 26.3. The van der Waals surface area contributed by atoms with Crippen LogP contribution in [0.5, 0.6) is 0 Å². The molecule has 0 spiro atoms. The van der Waals surface area contributed by atoms with Crippen LogP contribution in [-0.2, 0) is 24.3 Å². The topological polar surface area (TPSA) is 105 Å². The normalized spacial score (nSPS) is 20.4. The Morgan fingerprint density at radius 1 is 1.19 bits per heavy atom. The first-order valence-corrected chi connectivity index (χ1v) is 14.9. The van der Waals surface area contributed by atoms with Crippen molar-refractivity contribution in [1.82, 2.24) is 14.9 Å². The molecular weight excluding hydrogens is 525 g/mol. The molecule has 11 heteroatoms. The molecule has 0 bridgehead atoms. The molecule has 2 atom stereocenters. The molecule has 1 unspecified atom stereocenters. The van der Waals surface area contributed by atoms with E-state index in [1.54, 1.807) is 0 Å². The van der Waals surface area contributed by atoms with Gasteiger partial charge < -0.3 is 15.4 Å². The van der Waals surface area contributed by atoms with E-state index < -0.39 is 22.2 Å². The second-order valence-corrected chi connectivity index (χ2v) is 12.9. The first kappa shape index (κ1) is 29.2. The number of hydrogen-bond acceptors (Lipinski definition) is 5. The number of carbonyl (C=O) groups is 2. The van der Waals surface area contributed by atoms with Crippen molar-refractivity contribution in [2.24, 2.45) is 11.8 Å². The maximum atomic E-state index is 13.1. The van der Waals surface area contributed by atoms with Crippen LogP contribution in [0.3, 0.4) is 0 Å². The van der Waals surface area contributed by atoms with Gasteiger partial charge in [-0.05, 0) is 42.9 Å². The van der Waals surface area contributed by atoms with E-state index in [0.717, 1.165) is 6.42 Å². The summed E-state index contributed by atoms with van der Waals surface area (Å²) in [4.78, 5) is 25.5. The van der Waals surface area contributed by atoms with Crippen LogP contribution in [0.1, 0.15) is 58.8 Å². The first-order chi connectivity index (χ1) is 17.1. The van der Waals surface area contributed by atoms with Crippen molar-refractivity contribution in [1.29, 1.82) is 0 Å². The maximum Gasteiger partial charge on any atom is 0.244 e. The van der Waals surface area contributed by atoms with Crippen LogP contribution in [0.25, 0.3) is 0 Å². The van der Waals surface area contributed by atoms with E-state index in [4.69, 9.17) is 27.9 Å². The predicted octanol–water partition coefficient (Wildman–Crippen LogP) is 4.00. The summed E-state index contributed by atoms with van der Waals surface area (Å²) < 4.78 is 33.3. The Labute approximate surface area is 224 Å². The summed E-state index contributed by atoms with van der Waals surface area (Å²) in [6.45, 7) is 4.58. The Morgan fingerprint density at radius 2 is 1.92 bits per heavy atom. The summed E-state index contributed by atoms with van der Waals surface area (Å²) in [7, 11) is -3.85. The Bertz CT molecular complexity index is 1010. The molecular formula is C25H37Cl2N3O5S. The van der Waals surface area contributed by atoms with Crippen LogP contribution in [0.15, 0.2) is 23.1 Å². The number of halogens is 2. The maximum absolute atomic E-state index is 13.1. The van der Waals surface area contributed by atoms with Crippen molar-refractivity contribution in [2.45, 2.75) is 75.8 Å². The molecule has 1 saturated carbocycles. The van der Waals surface area contributed by atoms with Gasteiger partial charge in [0.25, 0.3) is 0 Å². The lowest BCUT2D eigenvalue weighted by Crippen LogP contribution is -2.53. The van der Waals surface area contributed by atoms with Gasteiger partial charge in [-0.2, -0.15) is 4.31 Å². The van der Waals surface area contributed by atoms with Gasteiger partial charge in [-0.1, -0.05) is 62.7 Å². The van der Waals surface area contributed by atoms with Crippen molar-refractivity contribution in [3.63, 3.8) is 0 Å². The van der Waals surface area contributed by atoms with Gasteiger partial charge in [0.15, 0.2) is 0 Å². The van der Waals surface area contributed by atoms with Gasteiger partial charge in [0.2, 0.25) is 21.8 Å². The van der Waals surface area contributed by atoms with Crippen LogP contribution in [0.2, 0.25) is 10.0 Å². The molecule has 2 aliphatic rings. The molecule has 0 aromatic heterocycles. The molecule has 1 aromatic carbocycles. The number of nitrogens with zero attached hydrogens (tertiary/aromatic N) is 1. The monoisotopic (exact) mass is 561 g/mol. The summed E-state index contributed by atoms with van der Waals surface area (Å²) >= 11 is 12.0. The number of benzene rings is 1. The molecule has 2 N–H and O–H groups in total. The molecule has 3 rings (SSSR count). The number of morpholine rings is 1. The second-order valence-electron chi connectivity index (χ2n) is 10.1. The van der Waals surface area contributed by atoms with Gasteiger partial charge in [0, 0.05) is 31.1 Å².